The van der Waals surface area contributed by atoms with Crippen molar-refractivity contribution in [2.24, 2.45) is 0 Å². The first kappa shape index (κ1) is 47.9. The molecule has 6 nitrogen and oxygen atoms in total. The molecule has 0 saturated carbocycles. The number of rotatable bonds is 38. The summed E-state index contributed by atoms with van der Waals surface area (Å²) in [6.45, 7) is 6.51. The smallest absolute Gasteiger partial charge is 0.306 e. The predicted octanol–water partition coefficient (Wildman–Crippen LogP) is 13.2. The van der Waals surface area contributed by atoms with Gasteiger partial charge in [0.05, 0.1) is 0 Å². The molecule has 0 rings (SSSR count). The molecule has 0 aromatic carbocycles. The Hall–Kier alpha value is -2.11. The van der Waals surface area contributed by atoms with Crippen LogP contribution < -0.4 is 0 Å². The van der Waals surface area contributed by atoms with E-state index in [-0.39, 0.29) is 31.1 Å². The second kappa shape index (κ2) is 39.7. The van der Waals surface area contributed by atoms with Crippen molar-refractivity contribution in [2.45, 2.75) is 226 Å². The summed E-state index contributed by atoms with van der Waals surface area (Å²) in [7, 11) is 0. The van der Waals surface area contributed by atoms with Crippen molar-refractivity contribution in [1.29, 1.82) is 0 Å². The van der Waals surface area contributed by atoms with Crippen LogP contribution in [0.1, 0.15) is 220 Å². The summed E-state index contributed by atoms with van der Waals surface area (Å²) in [5.41, 5.74) is 0. The van der Waals surface area contributed by atoms with Gasteiger partial charge in [-0.15, -0.1) is 0 Å². The predicted molar refractivity (Wildman–Crippen MR) is 210 cm³/mol. The van der Waals surface area contributed by atoms with Crippen LogP contribution in [0.4, 0.5) is 0 Å². The molecule has 0 aromatic heterocycles. The quantitative estimate of drug-likeness (QED) is 0.0275. The van der Waals surface area contributed by atoms with Crippen molar-refractivity contribution in [3.8, 4) is 0 Å². The van der Waals surface area contributed by atoms with Crippen molar-refractivity contribution >= 4 is 17.9 Å². The molecule has 292 valence electrons. The molecule has 0 heterocycles. The fourth-order valence-electron chi connectivity index (χ4n) is 5.94. The van der Waals surface area contributed by atoms with E-state index in [9.17, 15) is 14.4 Å². The monoisotopic (exact) mass is 705 g/mol. The Morgan fingerprint density at radius 3 is 1.12 bits per heavy atom. The number of carbonyl (C=O) groups is 3. The zero-order valence-corrected chi connectivity index (χ0v) is 33.2. The van der Waals surface area contributed by atoms with Gasteiger partial charge in [-0.3, -0.25) is 14.4 Å². The third-order valence-corrected chi connectivity index (χ3v) is 9.21. The third-order valence-electron chi connectivity index (χ3n) is 9.21. The summed E-state index contributed by atoms with van der Waals surface area (Å²) in [6.07, 6.45) is 41.8. The fraction of sp³-hybridized carbons (Fsp3) is 0.841. The highest BCUT2D eigenvalue weighted by molar-refractivity contribution is 5.71. The van der Waals surface area contributed by atoms with Gasteiger partial charge in [0.25, 0.3) is 0 Å². The van der Waals surface area contributed by atoms with Gasteiger partial charge in [-0.2, -0.15) is 0 Å². The summed E-state index contributed by atoms with van der Waals surface area (Å²) < 4.78 is 16.5. The first-order valence-electron chi connectivity index (χ1n) is 21.3. The maximum atomic E-state index is 12.6. The Bertz CT molecular complexity index is 819. The lowest BCUT2D eigenvalue weighted by Gasteiger charge is -2.18. The lowest BCUT2D eigenvalue weighted by Crippen LogP contribution is -2.30. The van der Waals surface area contributed by atoms with Crippen LogP contribution >= 0.6 is 0 Å². The van der Waals surface area contributed by atoms with Crippen LogP contribution in [-0.2, 0) is 28.6 Å². The number of hydrogen-bond donors (Lipinski definition) is 0. The van der Waals surface area contributed by atoms with E-state index in [0.717, 1.165) is 70.6 Å². The second-order valence-electron chi connectivity index (χ2n) is 14.3. The van der Waals surface area contributed by atoms with Crippen LogP contribution in [-0.4, -0.2) is 37.2 Å². The highest BCUT2D eigenvalue weighted by Gasteiger charge is 2.19. The van der Waals surface area contributed by atoms with Gasteiger partial charge in [0.15, 0.2) is 6.10 Å². The van der Waals surface area contributed by atoms with Crippen molar-refractivity contribution in [2.75, 3.05) is 13.2 Å². The van der Waals surface area contributed by atoms with E-state index in [1.54, 1.807) is 0 Å². The van der Waals surface area contributed by atoms with Gasteiger partial charge in [0.1, 0.15) is 13.2 Å². The zero-order chi connectivity index (χ0) is 36.6. The van der Waals surface area contributed by atoms with Gasteiger partial charge in [-0.05, 0) is 51.4 Å². The van der Waals surface area contributed by atoms with Crippen molar-refractivity contribution in [1.82, 2.24) is 0 Å². The molecule has 50 heavy (non-hydrogen) atoms. The van der Waals surface area contributed by atoms with Gasteiger partial charge in [-0.25, -0.2) is 0 Å². The van der Waals surface area contributed by atoms with E-state index < -0.39 is 6.10 Å². The first-order valence-corrected chi connectivity index (χ1v) is 21.3. The van der Waals surface area contributed by atoms with Gasteiger partial charge in [-0.1, -0.05) is 173 Å². The molecule has 6 heteroatoms. The second-order valence-corrected chi connectivity index (χ2v) is 14.3. The fourth-order valence-corrected chi connectivity index (χ4v) is 5.94. The standard InChI is InChI=1S/C44H80O6/c1-4-7-10-13-16-18-19-20-21-22-23-24-25-26-27-29-31-34-37-43(46)49-40-41(39-48-42(45)36-33-30-15-12-9-6-3)50-44(47)38-35-32-28-17-14-11-8-5-2/h18-19,21-22,41H,4-17,20,23-40H2,1-3H3/b19-18-,22-21-. The Labute approximate surface area is 309 Å². The topological polar surface area (TPSA) is 78.9 Å². The maximum Gasteiger partial charge on any atom is 0.306 e. The third kappa shape index (κ3) is 37.2. The zero-order valence-electron chi connectivity index (χ0n) is 33.2. The van der Waals surface area contributed by atoms with Crippen LogP contribution in [0.2, 0.25) is 0 Å². The molecule has 0 spiro atoms. The molecule has 0 aliphatic heterocycles. The SMILES string of the molecule is CCCCCC/C=C\C/C=C\CCCCCCCCCC(=O)OCC(COC(=O)CCCCCCCC)OC(=O)CCCCCCCCCC. The molecule has 0 aliphatic carbocycles. The average molecular weight is 705 g/mol. The molecule has 0 aliphatic rings. The van der Waals surface area contributed by atoms with Crippen LogP contribution in [0, 0.1) is 0 Å². The van der Waals surface area contributed by atoms with Gasteiger partial charge in [0.2, 0.25) is 0 Å². The van der Waals surface area contributed by atoms with Gasteiger partial charge in [0, 0.05) is 19.3 Å². The average Bonchev–Trinajstić information content (AvgIpc) is 3.11. The van der Waals surface area contributed by atoms with Crippen LogP contribution in [0.3, 0.4) is 0 Å². The van der Waals surface area contributed by atoms with Crippen molar-refractivity contribution in [3.63, 3.8) is 0 Å². The van der Waals surface area contributed by atoms with Crippen LogP contribution in [0.15, 0.2) is 24.3 Å². The first-order chi connectivity index (χ1) is 24.5. The molecule has 0 fully saturated rings. The molecular formula is C44H80O6. The Morgan fingerprint density at radius 2 is 0.720 bits per heavy atom. The molecule has 1 unspecified atom stereocenters. The van der Waals surface area contributed by atoms with E-state index >= 15 is 0 Å². The number of hydrogen-bond acceptors (Lipinski definition) is 6. The summed E-state index contributed by atoms with van der Waals surface area (Å²) in [5.74, 6) is -0.894. The minimum Gasteiger partial charge on any atom is -0.462 e. The normalized spacial score (nSPS) is 12.1. The number of unbranched alkanes of at least 4 members (excludes halogenated alkanes) is 23. The lowest BCUT2D eigenvalue weighted by molar-refractivity contribution is -0.167. The number of esters is 3. The molecule has 0 N–H and O–H groups in total. The van der Waals surface area contributed by atoms with Crippen molar-refractivity contribution in [3.05, 3.63) is 24.3 Å². The number of ether oxygens (including phenoxy) is 3. The highest BCUT2D eigenvalue weighted by atomic mass is 16.6. The highest BCUT2D eigenvalue weighted by Crippen LogP contribution is 2.13. The summed E-state index contributed by atoms with van der Waals surface area (Å²) in [4.78, 5) is 37.3. The van der Waals surface area contributed by atoms with Gasteiger partial charge < -0.3 is 14.2 Å². The van der Waals surface area contributed by atoms with Crippen LogP contribution in [0.5, 0.6) is 0 Å². The molecule has 0 bridgehead atoms. The van der Waals surface area contributed by atoms with Crippen LogP contribution in [0.25, 0.3) is 0 Å². The number of carbonyl (C=O) groups excluding carboxylic acids is 3. The summed E-state index contributed by atoms with van der Waals surface area (Å²) in [5, 5.41) is 0. The Balaban J connectivity index is 4.19. The summed E-state index contributed by atoms with van der Waals surface area (Å²) in [6, 6.07) is 0. The molecular weight excluding hydrogens is 624 g/mol. The molecule has 0 saturated heterocycles. The lowest BCUT2D eigenvalue weighted by atomic mass is 10.1. The van der Waals surface area contributed by atoms with E-state index in [1.165, 1.54) is 109 Å². The van der Waals surface area contributed by atoms with E-state index in [4.69, 9.17) is 14.2 Å². The molecule has 0 aromatic rings. The number of allylic oxidation sites excluding steroid dienone is 4. The summed E-state index contributed by atoms with van der Waals surface area (Å²) >= 11 is 0. The van der Waals surface area contributed by atoms with Gasteiger partial charge >= 0.3 is 17.9 Å². The minimum absolute atomic E-state index is 0.0723. The van der Waals surface area contributed by atoms with E-state index in [2.05, 4.69) is 45.1 Å². The minimum atomic E-state index is -0.763. The Morgan fingerprint density at radius 1 is 0.400 bits per heavy atom. The van der Waals surface area contributed by atoms with Crippen molar-refractivity contribution < 1.29 is 28.6 Å². The Kier molecular flexibility index (Phi) is 38.0. The van der Waals surface area contributed by atoms with E-state index in [1.807, 2.05) is 0 Å². The molecule has 1 atom stereocenters. The molecule has 0 radical (unpaired) electrons. The van der Waals surface area contributed by atoms with E-state index in [0.29, 0.717) is 19.3 Å². The maximum absolute atomic E-state index is 12.6. The molecule has 0 amide bonds. The largest absolute Gasteiger partial charge is 0.462 e.